The van der Waals surface area contributed by atoms with E-state index in [0.717, 1.165) is 0 Å². The zero-order chi connectivity index (χ0) is 9.02. The third-order valence-electron chi connectivity index (χ3n) is 1.33. The molecule has 0 saturated carbocycles. The van der Waals surface area contributed by atoms with E-state index in [1.807, 2.05) is 0 Å². The zero-order valence-electron chi connectivity index (χ0n) is 6.94. The van der Waals surface area contributed by atoms with Gasteiger partial charge in [0.2, 0.25) is 0 Å². The maximum atomic E-state index is 10.4. The van der Waals surface area contributed by atoms with Crippen molar-refractivity contribution in [3.63, 3.8) is 0 Å². The van der Waals surface area contributed by atoms with E-state index in [2.05, 4.69) is 4.74 Å². The van der Waals surface area contributed by atoms with Crippen molar-refractivity contribution in [3.8, 4) is 0 Å². The van der Waals surface area contributed by atoms with Gasteiger partial charge in [0.15, 0.2) is 0 Å². The summed E-state index contributed by atoms with van der Waals surface area (Å²) in [6, 6.07) is 0. The highest BCUT2D eigenvalue weighted by Gasteiger charge is 2.21. The topological polar surface area (TPSA) is 66.8 Å². The molecule has 0 radical (unpaired) electrons. The number of ether oxygens (including phenoxy) is 1. The molecule has 0 spiro atoms. The largest absolute Gasteiger partial charge is 0.460 e. The van der Waals surface area contributed by atoms with Crippen LogP contribution in [0.4, 0.5) is 0 Å². The highest BCUT2D eigenvalue weighted by molar-refractivity contribution is 5.66. The van der Waals surface area contributed by atoms with E-state index < -0.39 is 24.3 Å². The number of esters is 1. The first kappa shape index (κ1) is 10.4. The van der Waals surface area contributed by atoms with Crippen LogP contribution in [-0.2, 0) is 9.53 Å². The molecule has 0 heterocycles. The van der Waals surface area contributed by atoms with Gasteiger partial charge in [-0.2, -0.15) is 0 Å². The monoisotopic (exact) mass is 162 g/mol. The van der Waals surface area contributed by atoms with Gasteiger partial charge >= 0.3 is 5.97 Å². The van der Waals surface area contributed by atoms with Gasteiger partial charge in [-0.25, -0.2) is 0 Å². The van der Waals surface area contributed by atoms with Gasteiger partial charge in [0, 0.05) is 6.92 Å². The average molecular weight is 162 g/mol. The molecule has 4 nitrogen and oxygen atoms in total. The van der Waals surface area contributed by atoms with E-state index in [1.165, 1.54) is 20.8 Å². The third-order valence-corrected chi connectivity index (χ3v) is 1.33. The van der Waals surface area contributed by atoms with E-state index in [-0.39, 0.29) is 0 Å². The van der Waals surface area contributed by atoms with E-state index >= 15 is 0 Å². The summed E-state index contributed by atoms with van der Waals surface area (Å²) in [5, 5.41) is 18.0. The van der Waals surface area contributed by atoms with Gasteiger partial charge in [-0.05, 0) is 13.8 Å². The lowest BCUT2D eigenvalue weighted by molar-refractivity contribution is -0.154. The van der Waals surface area contributed by atoms with Gasteiger partial charge in [-0.15, -0.1) is 0 Å². The normalized spacial score (nSPS) is 18.6. The molecular formula is C7H14O4. The molecule has 0 aromatic rings. The number of aliphatic hydroxyl groups is 2. The van der Waals surface area contributed by atoms with Crippen molar-refractivity contribution in [2.45, 2.75) is 39.1 Å². The second-order valence-corrected chi connectivity index (χ2v) is 2.55. The summed E-state index contributed by atoms with van der Waals surface area (Å²) in [6.07, 6.45) is -2.56. The van der Waals surface area contributed by atoms with Crippen molar-refractivity contribution >= 4 is 5.97 Å². The van der Waals surface area contributed by atoms with E-state index in [0.29, 0.717) is 0 Å². The summed E-state index contributed by atoms with van der Waals surface area (Å²) in [4.78, 5) is 10.4. The maximum Gasteiger partial charge on any atom is 0.302 e. The first-order valence-corrected chi connectivity index (χ1v) is 3.48. The molecule has 0 rings (SSSR count). The minimum absolute atomic E-state index is 0.461. The van der Waals surface area contributed by atoms with Gasteiger partial charge in [-0.1, -0.05) is 0 Å². The van der Waals surface area contributed by atoms with Gasteiger partial charge in [0.05, 0.1) is 6.10 Å². The number of rotatable bonds is 3. The molecule has 11 heavy (non-hydrogen) atoms. The van der Waals surface area contributed by atoms with Gasteiger partial charge in [-0.3, -0.25) is 4.79 Å². The smallest absolute Gasteiger partial charge is 0.302 e. The van der Waals surface area contributed by atoms with Gasteiger partial charge < -0.3 is 14.9 Å². The lowest BCUT2D eigenvalue weighted by Crippen LogP contribution is -2.36. The average Bonchev–Trinajstić information content (AvgIpc) is 1.84. The number of carbonyl (C=O) groups excluding carboxylic acids is 1. The molecule has 0 aliphatic rings. The fourth-order valence-corrected chi connectivity index (χ4v) is 0.724. The Morgan fingerprint density at radius 2 is 1.82 bits per heavy atom. The van der Waals surface area contributed by atoms with Crippen LogP contribution in [0.5, 0.6) is 0 Å². The molecule has 66 valence electrons. The number of aliphatic hydroxyl groups excluding tert-OH is 2. The zero-order valence-corrected chi connectivity index (χ0v) is 6.94. The molecule has 0 bridgehead atoms. The molecule has 3 unspecified atom stereocenters. The fourth-order valence-electron chi connectivity index (χ4n) is 0.724. The second kappa shape index (κ2) is 4.31. The highest BCUT2D eigenvalue weighted by Crippen LogP contribution is 2.03. The second-order valence-electron chi connectivity index (χ2n) is 2.55. The van der Waals surface area contributed by atoms with Crippen LogP contribution >= 0.6 is 0 Å². The number of carbonyl (C=O) groups is 1. The minimum atomic E-state index is -1.01. The molecule has 0 aromatic carbocycles. The van der Waals surface area contributed by atoms with Crippen LogP contribution in [-0.4, -0.2) is 34.5 Å². The molecule has 3 atom stereocenters. The summed E-state index contributed by atoms with van der Waals surface area (Å²) < 4.78 is 4.62. The standard InChI is InChI=1S/C7H14O4/c1-4(8)7(10)5(2)11-6(3)9/h4-5,7-8,10H,1-3H3. The molecule has 0 saturated heterocycles. The van der Waals surface area contributed by atoms with Crippen molar-refractivity contribution in [2.24, 2.45) is 0 Å². The Hall–Kier alpha value is -0.610. The Morgan fingerprint density at radius 1 is 1.36 bits per heavy atom. The molecule has 0 amide bonds. The molecule has 0 aliphatic heterocycles. The predicted octanol–water partition coefficient (Wildman–Crippen LogP) is -0.320. The minimum Gasteiger partial charge on any atom is -0.460 e. The van der Waals surface area contributed by atoms with E-state index in [9.17, 15) is 4.79 Å². The lowest BCUT2D eigenvalue weighted by atomic mass is 10.1. The Kier molecular flexibility index (Phi) is 4.07. The van der Waals surface area contributed by atoms with Gasteiger partial charge in [0.1, 0.15) is 12.2 Å². The Morgan fingerprint density at radius 3 is 2.09 bits per heavy atom. The SMILES string of the molecule is CC(=O)OC(C)C(O)C(C)O. The third kappa shape index (κ3) is 3.95. The summed E-state index contributed by atoms with van der Waals surface area (Å²) in [7, 11) is 0. The highest BCUT2D eigenvalue weighted by atomic mass is 16.6. The van der Waals surface area contributed by atoms with Crippen molar-refractivity contribution in [3.05, 3.63) is 0 Å². The molecular weight excluding hydrogens is 148 g/mol. The quantitative estimate of drug-likeness (QED) is 0.558. The molecule has 0 aromatic heterocycles. The summed E-state index contributed by atoms with van der Waals surface area (Å²) >= 11 is 0. The van der Waals surface area contributed by atoms with E-state index in [4.69, 9.17) is 10.2 Å². The van der Waals surface area contributed by atoms with Crippen molar-refractivity contribution in [2.75, 3.05) is 0 Å². The Labute approximate surface area is 65.8 Å². The first-order valence-electron chi connectivity index (χ1n) is 3.48. The Balaban J connectivity index is 3.82. The van der Waals surface area contributed by atoms with Gasteiger partial charge in [0.25, 0.3) is 0 Å². The summed E-state index contributed by atoms with van der Waals surface area (Å²) in [5.74, 6) is -0.461. The first-order chi connectivity index (χ1) is 4.95. The predicted molar refractivity (Wildman–Crippen MR) is 38.9 cm³/mol. The van der Waals surface area contributed by atoms with Crippen LogP contribution in [0.25, 0.3) is 0 Å². The van der Waals surface area contributed by atoms with Crippen LogP contribution in [0, 0.1) is 0 Å². The number of hydrogen-bond acceptors (Lipinski definition) is 4. The van der Waals surface area contributed by atoms with Crippen LogP contribution in [0.3, 0.4) is 0 Å². The van der Waals surface area contributed by atoms with Crippen molar-refractivity contribution in [1.82, 2.24) is 0 Å². The van der Waals surface area contributed by atoms with Crippen LogP contribution in [0.1, 0.15) is 20.8 Å². The molecule has 4 heteroatoms. The summed E-state index contributed by atoms with van der Waals surface area (Å²) in [5.41, 5.74) is 0. The molecule has 2 N–H and O–H groups in total. The molecule has 0 aliphatic carbocycles. The van der Waals surface area contributed by atoms with Crippen molar-refractivity contribution in [1.29, 1.82) is 0 Å². The van der Waals surface area contributed by atoms with Crippen molar-refractivity contribution < 1.29 is 19.7 Å². The molecule has 0 fully saturated rings. The summed E-state index contributed by atoms with van der Waals surface area (Å²) in [6.45, 7) is 4.22. The lowest BCUT2D eigenvalue weighted by Gasteiger charge is -2.20. The van der Waals surface area contributed by atoms with E-state index in [1.54, 1.807) is 0 Å². The van der Waals surface area contributed by atoms with Crippen LogP contribution in [0.2, 0.25) is 0 Å². The number of hydrogen-bond donors (Lipinski definition) is 2. The van der Waals surface area contributed by atoms with Crippen LogP contribution < -0.4 is 0 Å². The maximum absolute atomic E-state index is 10.4. The van der Waals surface area contributed by atoms with Crippen LogP contribution in [0.15, 0.2) is 0 Å². The fraction of sp³-hybridized carbons (Fsp3) is 0.857. The Bertz CT molecular complexity index is 132.